The number of aromatic nitrogens is 1. The van der Waals surface area contributed by atoms with Gasteiger partial charge in [-0.25, -0.2) is 0 Å². The van der Waals surface area contributed by atoms with Crippen LogP contribution in [0.25, 0.3) is 10.9 Å². The van der Waals surface area contributed by atoms with Crippen molar-refractivity contribution in [3.05, 3.63) is 59.8 Å². The van der Waals surface area contributed by atoms with Crippen LogP contribution in [-0.4, -0.2) is 40.5 Å². The standard InChI is InChI=1S/C25H30F3N3O2/c1-17(31(2)14-13-18-16-29-23-12-11-21(32)15-22(18)23)5-3-4-6-24(33)30-20-9-7-19(8-10-20)25(26,27)28/h7-12,15-17,29,32H,3-6,13-14H2,1-2H3,(H,30,33). The molecule has 178 valence electrons. The SMILES string of the molecule is CC(CCCCC(=O)Nc1ccc(C(F)(F)F)cc1)N(C)CCc1c[nH]c2ccc(O)cc12. The lowest BCUT2D eigenvalue weighted by Gasteiger charge is -2.24. The molecule has 5 nitrogen and oxygen atoms in total. The molecule has 0 radical (unpaired) electrons. The summed E-state index contributed by atoms with van der Waals surface area (Å²) in [5.74, 6) is 0.0609. The van der Waals surface area contributed by atoms with Crippen LogP contribution in [0.5, 0.6) is 5.75 Å². The molecule has 3 rings (SSSR count). The van der Waals surface area contributed by atoms with Crippen LogP contribution in [0, 0.1) is 0 Å². The van der Waals surface area contributed by atoms with E-state index < -0.39 is 11.7 Å². The predicted molar refractivity (Wildman–Crippen MR) is 124 cm³/mol. The number of halogens is 3. The molecule has 3 N–H and O–H groups in total. The molecule has 3 aromatic rings. The fourth-order valence-electron chi connectivity index (χ4n) is 3.80. The highest BCUT2D eigenvalue weighted by atomic mass is 19.4. The first-order valence-corrected chi connectivity index (χ1v) is 11.1. The van der Waals surface area contributed by atoms with Gasteiger partial charge < -0.3 is 20.3 Å². The summed E-state index contributed by atoms with van der Waals surface area (Å²) < 4.78 is 37.8. The number of hydrogen-bond acceptors (Lipinski definition) is 3. The molecule has 1 amide bonds. The van der Waals surface area contributed by atoms with E-state index in [9.17, 15) is 23.1 Å². The van der Waals surface area contributed by atoms with E-state index in [1.807, 2.05) is 12.3 Å². The third-order valence-corrected chi connectivity index (χ3v) is 6.01. The second-order valence-electron chi connectivity index (χ2n) is 8.49. The smallest absolute Gasteiger partial charge is 0.416 e. The zero-order valence-electron chi connectivity index (χ0n) is 18.9. The molecule has 0 aliphatic heterocycles. The van der Waals surface area contributed by atoms with Crippen molar-refractivity contribution in [3.8, 4) is 5.75 Å². The number of anilines is 1. The average molecular weight is 462 g/mol. The number of nitrogens with zero attached hydrogens (tertiary/aromatic N) is 1. The highest BCUT2D eigenvalue weighted by molar-refractivity contribution is 5.90. The number of aromatic amines is 1. The average Bonchev–Trinajstić information content (AvgIpc) is 3.16. The van der Waals surface area contributed by atoms with Crippen molar-refractivity contribution in [1.29, 1.82) is 0 Å². The maximum atomic E-state index is 12.6. The van der Waals surface area contributed by atoms with E-state index in [0.29, 0.717) is 24.6 Å². The monoisotopic (exact) mass is 461 g/mol. The van der Waals surface area contributed by atoms with E-state index in [2.05, 4.69) is 29.2 Å². The quantitative estimate of drug-likeness (QED) is 0.327. The maximum Gasteiger partial charge on any atom is 0.416 e. The molecule has 0 fully saturated rings. The van der Waals surface area contributed by atoms with Crippen molar-refractivity contribution in [3.63, 3.8) is 0 Å². The molecule has 0 saturated carbocycles. The van der Waals surface area contributed by atoms with Crippen molar-refractivity contribution < 1.29 is 23.1 Å². The zero-order chi connectivity index (χ0) is 24.0. The summed E-state index contributed by atoms with van der Waals surface area (Å²) in [7, 11) is 2.08. The lowest BCUT2D eigenvalue weighted by molar-refractivity contribution is -0.137. The molecule has 0 aliphatic rings. The molecule has 0 saturated heterocycles. The van der Waals surface area contributed by atoms with E-state index in [1.165, 1.54) is 17.7 Å². The highest BCUT2D eigenvalue weighted by Crippen LogP contribution is 2.30. The summed E-state index contributed by atoms with van der Waals surface area (Å²) in [6, 6.07) is 10.1. The number of phenols is 1. The van der Waals surface area contributed by atoms with Gasteiger partial charge >= 0.3 is 6.18 Å². The van der Waals surface area contributed by atoms with Gasteiger partial charge in [-0.15, -0.1) is 0 Å². The van der Waals surface area contributed by atoms with Crippen molar-refractivity contribution in [2.45, 2.75) is 51.2 Å². The topological polar surface area (TPSA) is 68.4 Å². The maximum absolute atomic E-state index is 12.6. The Morgan fingerprint density at radius 1 is 1.15 bits per heavy atom. The summed E-state index contributed by atoms with van der Waals surface area (Å²) in [6.07, 6.45) is 1.33. The van der Waals surface area contributed by atoms with Crippen LogP contribution in [0.2, 0.25) is 0 Å². The normalized spacial score (nSPS) is 12.9. The molecule has 1 unspecified atom stereocenters. The Morgan fingerprint density at radius 2 is 1.88 bits per heavy atom. The van der Waals surface area contributed by atoms with Crippen molar-refractivity contribution in [1.82, 2.24) is 9.88 Å². The van der Waals surface area contributed by atoms with E-state index in [4.69, 9.17) is 0 Å². The van der Waals surface area contributed by atoms with Crippen molar-refractivity contribution >= 4 is 22.5 Å². The zero-order valence-corrected chi connectivity index (χ0v) is 18.9. The van der Waals surface area contributed by atoms with Gasteiger partial charge in [-0.3, -0.25) is 4.79 Å². The Kier molecular flexibility index (Phi) is 8.02. The first-order chi connectivity index (χ1) is 15.6. The predicted octanol–water partition coefficient (Wildman–Crippen LogP) is 5.95. The lowest BCUT2D eigenvalue weighted by atomic mass is 10.1. The third-order valence-electron chi connectivity index (χ3n) is 6.01. The second-order valence-corrected chi connectivity index (χ2v) is 8.49. The van der Waals surface area contributed by atoms with Crippen molar-refractivity contribution in [2.24, 2.45) is 0 Å². The summed E-state index contributed by atoms with van der Waals surface area (Å²) in [5, 5.41) is 13.4. The number of fused-ring (bicyclic) bond motifs is 1. The van der Waals surface area contributed by atoms with Crippen molar-refractivity contribution in [2.75, 3.05) is 18.9 Å². The number of aromatic hydroxyl groups is 1. The Hall–Kier alpha value is -3.00. The number of benzene rings is 2. The minimum Gasteiger partial charge on any atom is -0.508 e. The summed E-state index contributed by atoms with van der Waals surface area (Å²) in [5.41, 5.74) is 1.81. The van der Waals surface area contributed by atoms with Gasteiger partial charge in [0.1, 0.15) is 5.75 Å². The number of phenolic OH excluding ortho intramolecular Hbond substituents is 1. The van der Waals surface area contributed by atoms with Gasteiger partial charge in [0.15, 0.2) is 0 Å². The molecule has 0 bridgehead atoms. The van der Waals surface area contributed by atoms with Gasteiger partial charge in [0.25, 0.3) is 0 Å². The number of rotatable bonds is 10. The van der Waals surface area contributed by atoms with Gasteiger partial charge in [0.05, 0.1) is 5.56 Å². The van der Waals surface area contributed by atoms with Crippen LogP contribution in [-0.2, 0) is 17.4 Å². The molecule has 2 aromatic carbocycles. The highest BCUT2D eigenvalue weighted by Gasteiger charge is 2.29. The number of amides is 1. The number of carbonyl (C=O) groups is 1. The summed E-state index contributed by atoms with van der Waals surface area (Å²) in [6.45, 7) is 3.03. The Morgan fingerprint density at radius 3 is 2.58 bits per heavy atom. The summed E-state index contributed by atoms with van der Waals surface area (Å²) >= 11 is 0. The van der Waals surface area contributed by atoms with Crippen LogP contribution >= 0.6 is 0 Å². The second kappa shape index (κ2) is 10.7. The van der Waals surface area contributed by atoms with Crippen LogP contribution in [0.1, 0.15) is 43.7 Å². The third kappa shape index (κ3) is 6.99. The van der Waals surface area contributed by atoms with Gasteiger partial charge in [-0.1, -0.05) is 6.42 Å². The molecule has 1 aromatic heterocycles. The van der Waals surface area contributed by atoms with Gasteiger partial charge in [-0.05, 0) is 81.3 Å². The van der Waals surface area contributed by atoms with E-state index >= 15 is 0 Å². The number of alkyl halides is 3. The fraction of sp³-hybridized carbons (Fsp3) is 0.400. The van der Waals surface area contributed by atoms with Crippen LogP contribution in [0.15, 0.2) is 48.7 Å². The molecule has 1 atom stereocenters. The number of likely N-dealkylation sites (N-methyl/N-ethyl adjacent to an activating group) is 1. The van der Waals surface area contributed by atoms with Gasteiger partial charge in [0.2, 0.25) is 5.91 Å². The van der Waals surface area contributed by atoms with Gasteiger partial charge in [0, 0.05) is 41.8 Å². The van der Waals surface area contributed by atoms with E-state index in [-0.39, 0.29) is 11.7 Å². The summed E-state index contributed by atoms with van der Waals surface area (Å²) in [4.78, 5) is 17.6. The number of nitrogens with one attached hydrogen (secondary N) is 2. The number of unbranched alkanes of at least 4 members (excludes halogenated alkanes) is 1. The molecular weight excluding hydrogens is 431 g/mol. The molecule has 8 heteroatoms. The first kappa shape index (κ1) is 24.6. The molecular formula is C25H30F3N3O2. The molecule has 33 heavy (non-hydrogen) atoms. The minimum atomic E-state index is -4.38. The minimum absolute atomic E-state index is 0.196. The van der Waals surface area contributed by atoms with E-state index in [0.717, 1.165) is 48.8 Å². The van der Waals surface area contributed by atoms with Gasteiger partial charge in [-0.2, -0.15) is 13.2 Å². The Bertz CT molecular complexity index is 1060. The first-order valence-electron chi connectivity index (χ1n) is 11.1. The number of H-pyrrole nitrogens is 1. The molecule has 0 spiro atoms. The largest absolute Gasteiger partial charge is 0.508 e. The Labute approximate surface area is 191 Å². The molecule has 0 aliphatic carbocycles. The molecule has 1 heterocycles. The van der Waals surface area contributed by atoms with Crippen LogP contribution < -0.4 is 5.32 Å². The number of carbonyl (C=O) groups excluding carboxylic acids is 1. The number of hydrogen-bond donors (Lipinski definition) is 3. The fourth-order valence-corrected chi connectivity index (χ4v) is 3.80. The Balaban J connectivity index is 1.35. The van der Waals surface area contributed by atoms with E-state index in [1.54, 1.807) is 12.1 Å². The van der Waals surface area contributed by atoms with Crippen LogP contribution in [0.4, 0.5) is 18.9 Å². The van der Waals surface area contributed by atoms with Crippen LogP contribution in [0.3, 0.4) is 0 Å². The lowest BCUT2D eigenvalue weighted by Crippen LogP contribution is -2.31.